The van der Waals surface area contributed by atoms with Gasteiger partial charge in [0.15, 0.2) is 6.10 Å². The summed E-state index contributed by atoms with van der Waals surface area (Å²) in [5.41, 5.74) is -0.647. The molecule has 0 saturated carbocycles. The second kappa shape index (κ2) is 6.20. The van der Waals surface area contributed by atoms with Crippen LogP contribution in [0.5, 0.6) is 5.75 Å². The van der Waals surface area contributed by atoms with E-state index in [-0.39, 0.29) is 12.5 Å². The van der Waals surface area contributed by atoms with E-state index in [4.69, 9.17) is 9.84 Å². The molecule has 1 atom stereocenters. The van der Waals surface area contributed by atoms with Crippen molar-refractivity contribution in [3.05, 3.63) is 28.7 Å². The number of hydrogen-bond acceptors (Lipinski definition) is 3. The van der Waals surface area contributed by atoms with Gasteiger partial charge in [-0.15, -0.1) is 0 Å². The molecule has 0 aliphatic rings. The van der Waals surface area contributed by atoms with Gasteiger partial charge >= 0.3 is 0 Å². The Hall–Kier alpha value is -1.07. The summed E-state index contributed by atoms with van der Waals surface area (Å²) in [5.74, 6) is 0.364. The molecule has 1 aromatic rings. The molecule has 5 heteroatoms. The van der Waals surface area contributed by atoms with Crippen LogP contribution >= 0.6 is 15.9 Å². The molecule has 1 unspecified atom stereocenters. The number of benzene rings is 1. The van der Waals surface area contributed by atoms with Crippen LogP contribution in [0.3, 0.4) is 0 Å². The summed E-state index contributed by atoms with van der Waals surface area (Å²) in [7, 11) is 0. The smallest absolute Gasteiger partial charge is 0.261 e. The lowest BCUT2D eigenvalue weighted by molar-refractivity contribution is -0.129. The maximum Gasteiger partial charge on any atom is 0.261 e. The highest BCUT2D eigenvalue weighted by molar-refractivity contribution is 9.10. The highest BCUT2D eigenvalue weighted by Gasteiger charge is 2.23. The summed E-state index contributed by atoms with van der Waals surface area (Å²) in [6.07, 6.45) is -0.620. The third-order valence-electron chi connectivity index (χ3n) is 2.34. The Labute approximate surface area is 115 Å². The Morgan fingerprint density at radius 3 is 2.78 bits per heavy atom. The molecule has 1 aromatic carbocycles. The summed E-state index contributed by atoms with van der Waals surface area (Å²) in [5, 5.41) is 11.8. The first-order chi connectivity index (χ1) is 8.34. The number of amides is 1. The van der Waals surface area contributed by atoms with Crippen LogP contribution in [0.1, 0.15) is 20.8 Å². The van der Waals surface area contributed by atoms with Crippen molar-refractivity contribution in [2.45, 2.75) is 32.4 Å². The van der Waals surface area contributed by atoms with Crippen LogP contribution < -0.4 is 10.1 Å². The van der Waals surface area contributed by atoms with Gasteiger partial charge in [-0.2, -0.15) is 0 Å². The topological polar surface area (TPSA) is 58.6 Å². The predicted octanol–water partition coefficient (Wildman–Crippen LogP) is 2.10. The monoisotopic (exact) mass is 315 g/mol. The minimum absolute atomic E-state index is 0.123. The van der Waals surface area contributed by atoms with Gasteiger partial charge in [0.05, 0.1) is 12.1 Å². The van der Waals surface area contributed by atoms with Crippen molar-refractivity contribution in [1.82, 2.24) is 5.32 Å². The van der Waals surface area contributed by atoms with Crippen LogP contribution in [0, 0.1) is 0 Å². The molecule has 4 nitrogen and oxygen atoms in total. The number of halogens is 1. The zero-order chi connectivity index (χ0) is 13.8. The molecule has 18 heavy (non-hydrogen) atoms. The van der Waals surface area contributed by atoms with Gasteiger partial charge in [0.1, 0.15) is 5.75 Å². The first-order valence-electron chi connectivity index (χ1n) is 5.69. The Balaban J connectivity index is 2.60. The van der Waals surface area contributed by atoms with Gasteiger partial charge in [-0.05, 0) is 39.0 Å². The molecule has 0 saturated heterocycles. The van der Waals surface area contributed by atoms with E-state index >= 15 is 0 Å². The number of ether oxygens (including phenoxy) is 1. The van der Waals surface area contributed by atoms with Gasteiger partial charge in [0, 0.05) is 4.47 Å². The van der Waals surface area contributed by atoms with E-state index in [0.29, 0.717) is 5.75 Å². The summed E-state index contributed by atoms with van der Waals surface area (Å²) >= 11 is 3.34. The average molecular weight is 316 g/mol. The van der Waals surface area contributed by atoms with Crippen molar-refractivity contribution < 1.29 is 14.6 Å². The molecule has 0 aliphatic heterocycles. The highest BCUT2D eigenvalue weighted by Crippen LogP contribution is 2.19. The SMILES string of the molecule is CC(Oc1cccc(Br)c1)C(=O)NC(C)(C)CO. The number of nitrogens with one attached hydrogen (secondary N) is 1. The lowest BCUT2D eigenvalue weighted by Gasteiger charge is -2.25. The minimum Gasteiger partial charge on any atom is -0.481 e. The fourth-order valence-electron chi connectivity index (χ4n) is 1.27. The van der Waals surface area contributed by atoms with Gasteiger partial charge in [-0.25, -0.2) is 0 Å². The normalized spacial score (nSPS) is 12.9. The number of carbonyl (C=O) groups excluding carboxylic acids is 1. The van der Waals surface area contributed by atoms with Crippen molar-refractivity contribution in [3.63, 3.8) is 0 Å². The summed E-state index contributed by atoms with van der Waals surface area (Å²) < 4.78 is 6.42. The van der Waals surface area contributed by atoms with Crippen molar-refractivity contribution in [2.24, 2.45) is 0 Å². The lowest BCUT2D eigenvalue weighted by Crippen LogP contribution is -2.50. The quantitative estimate of drug-likeness (QED) is 0.875. The fourth-order valence-corrected chi connectivity index (χ4v) is 1.65. The summed E-state index contributed by atoms with van der Waals surface area (Å²) in [6, 6.07) is 7.29. The predicted molar refractivity (Wildman–Crippen MR) is 73.5 cm³/mol. The van der Waals surface area contributed by atoms with Crippen LogP contribution in [0.25, 0.3) is 0 Å². The van der Waals surface area contributed by atoms with Gasteiger partial charge in [-0.3, -0.25) is 4.79 Å². The molecule has 1 amide bonds. The lowest BCUT2D eigenvalue weighted by atomic mass is 10.1. The van der Waals surface area contributed by atoms with E-state index in [0.717, 1.165) is 4.47 Å². The van der Waals surface area contributed by atoms with Gasteiger partial charge < -0.3 is 15.2 Å². The van der Waals surface area contributed by atoms with Crippen molar-refractivity contribution >= 4 is 21.8 Å². The molecule has 100 valence electrons. The molecular formula is C13H18BrNO3. The molecular weight excluding hydrogens is 298 g/mol. The Morgan fingerprint density at radius 1 is 1.56 bits per heavy atom. The van der Waals surface area contributed by atoms with Gasteiger partial charge in [0.2, 0.25) is 0 Å². The summed E-state index contributed by atoms with van der Waals surface area (Å²) in [6.45, 7) is 5.04. The van der Waals surface area contributed by atoms with E-state index in [1.54, 1.807) is 32.9 Å². The molecule has 1 rings (SSSR count). The molecule has 0 radical (unpaired) electrons. The number of carbonyl (C=O) groups is 1. The van der Waals surface area contributed by atoms with E-state index < -0.39 is 11.6 Å². The number of aliphatic hydroxyl groups excluding tert-OH is 1. The van der Waals surface area contributed by atoms with Crippen LogP contribution in [0.2, 0.25) is 0 Å². The molecule has 0 fully saturated rings. The van der Waals surface area contributed by atoms with Gasteiger partial charge in [-0.1, -0.05) is 22.0 Å². The van der Waals surface area contributed by atoms with E-state index in [9.17, 15) is 4.79 Å². The first kappa shape index (κ1) is 15.0. The van der Waals surface area contributed by atoms with Crippen molar-refractivity contribution in [2.75, 3.05) is 6.61 Å². The fraction of sp³-hybridized carbons (Fsp3) is 0.462. The van der Waals surface area contributed by atoms with E-state index in [1.165, 1.54) is 0 Å². The van der Waals surface area contributed by atoms with Gasteiger partial charge in [0.25, 0.3) is 5.91 Å². The third kappa shape index (κ3) is 4.66. The standard InChI is InChI=1S/C13H18BrNO3/c1-9(12(17)15-13(2,3)8-16)18-11-6-4-5-10(14)7-11/h4-7,9,16H,8H2,1-3H3,(H,15,17). The summed E-state index contributed by atoms with van der Waals surface area (Å²) in [4.78, 5) is 11.8. The van der Waals surface area contributed by atoms with Crippen LogP contribution in [0.4, 0.5) is 0 Å². The maximum atomic E-state index is 11.8. The Bertz CT molecular complexity index is 420. The Kier molecular flexibility index (Phi) is 5.16. The second-order valence-corrected chi connectivity index (χ2v) is 5.66. The number of hydrogen-bond donors (Lipinski definition) is 2. The van der Waals surface area contributed by atoms with Crippen molar-refractivity contribution in [3.8, 4) is 5.75 Å². The molecule has 0 aliphatic carbocycles. The molecule has 0 aromatic heterocycles. The van der Waals surface area contributed by atoms with Crippen LogP contribution in [-0.2, 0) is 4.79 Å². The molecule has 2 N–H and O–H groups in total. The molecule has 0 heterocycles. The zero-order valence-electron chi connectivity index (χ0n) is 10.7. The third-order valence-corrected chi connectivity index (χ3v) is 2.83. The van der Waals surface area contributed by atoms with E-state index in [2.05, 4.69) is 21.2 Å². The first-order valence-corrected chi connectivity index (χ1v) is 6.48. The Morgan fingerprint density at radius 2 is 2.22 bits per heavy atom. The number of rotatable bonds is 5. The molecule has 0 bridgehead atoms. The van der Waals surface area contributed by atoms with Crippen LogP contribution in [-0.4, -0.2) is 29.3 Å². The zero-order valence-corrected chi connectivity index (χ0v) is 12.3. The average Bonchev–Trinajstić information content (AvgIpc) is 2.28. The van der Waals surface area contributed by atoms with E-state index in [1.807, 2.05) is 12.1 Å². The molecule has 0 spiro atoms. The largest absolute Gasteiger partial charge is 0.481 e. The van der Waals surface area contributed by atoms with Crippen molar-refractivity contribution in [1.29, 1.82) is 0 Å². The van der Waals surface area contributed by atoms with Crippen LogP contribution in [0.15, 0.2) is 28.7 Å². The maximum absolute atomic E-state index is 11.8. The minimum atomic E-state index is -0.647. The highest BCUT2D eigenvalue weighted by atomic mass is 79.9. The number of aliphatic hydroxyl groups is 1. The second-order valence-electron chi connectivity index (χ2n) is 4.75.